The maximum Gasteiger partial charge on any atom is 0.170 e. The molecule has 3 rings (SSSR count). The van der Waals surface area contributed by atoms with Crippen molar-refractivity contribution in [2.24, 2.45) is 5.92 Å². The fraction of sp³-hybridized carbons (Fsp3) is 0.471. The van der Waals surface area contributed by atoms with Gasteiger partial charge in [-0.25, -0.2) is 0 Å². The smallest absolute Gasteiger partial charge is 0.170 e. The SMILES string of the molecule is CC(C)Oc1ccc2[nH]cc(C(=O)C3CCOC3C)c2c1. The molecule has 0 saturated carbocycles. The van der Waals surface area contributed by atoms with E-state index in [9.17, 15) is 4.79 Å². The first-order valence-corrected chi connectivity index (χ1v) is 7.50. The number of fused-ring (bicyclic) bond motifs is 1. The topological polar surface area (TPSA) is 51.3 Å². The molecule has 0 aliphatic carbocycles. The minimum absolute atomic E-state index is 0.00227. The van der Waals surface area contributed by atoms with Crippen molar-refractivity contribution < 1.29 is 14.3 Å². The lowest BCUT2D eigenvalue weighted by Crippen LogP contribution is -2.21. The number of carbonyl (C=O) groups is 1. The van der Waals surface area contributed by atoms with Crippen LogP contribution >= 0.6 is 0 Å². The van der Waals surface area contributed by atoms with E-state index in [4.69, 9.17) is 9.47 Å². The molecule has 0 spiro atoms. The Kier molecular flexibility index (Phi) is 3.72. The molecule has 1 saturated heterocycles. The Morgan fingerprint density at radius 1 is 1.43 bits per heavy atom. The van der Waals surface area contributed by atoms with Gasteiger partial charge in [0.1, 0.15) is 5.75 Å². The van der Waals surface area contributed by atoms with Crippen LogP contribution in [-0.4, -0.2) is 29.6 Å². The number of H-pyrrole nitrogens is 1. The Bertz CT molecular complexity index is 659. The van der Waals surface area contributed by atoms with Crippen molar-refractivity contribution in [2.75, 3.05) is 6.61 Å². The van der Waals surface area contributed by atoms with E-state index in [0.717, 1.165) is 28.6 Å². The Morgan fingerprint density at radius 2 is 2.24 bits per heavy atom. The van der Waals surface area contributed by atoms with Gasteiger partial charge in [0, 0.05) is 29.3 Å². The highest BCUT2D eigenvalue weighted by atomic mass is 16.5. The summed E-state index contributed by atoms with van der Waals surface area (Å²) >= 11 is 0. The van der Waals surface area contributed by atoms with Crippen LogP contribution in [0.4, 0.5) is 0 Å². The first-order valence-electron chi connectivity index (χ1n) is 7.50. The fourth-order valence-electron chi connectivity index (χ4n) is 2.92. The Labute approximate surface area is 124 Å². The second kappa shape index (κ2) is 5.53. The summed E-state index contributed by atoms with van der Waals surface area (Å²) < 4.78 is 11.2. The second-order valence-corrected chi connectivity index (χ2v) is 5.91. The average Bonchev–Trinajstić information content (AvgIpc) is 3.03. The summed E-state index contributed by atoms with van der Waals surface area (Å²) in [6, 6.07) is 5.83. The van der Waals surface area contributed by atoms with Crippen molar-refractivity contribution in [3.8, 4) is 5.75 Å². The van der Waals surface area contributed by atoms with Gasteiger partial charge in [-0.1, -0.05) is 0 Å². The van der Waals surface area contributed by atoms with Crippen LogP contribution in [0, 0.1) is 5.92 Å². The minimum Gasteiger partial charge on any atom is -0.491 e. The quantitative estimate of drug-likeness (QED) is 0.875. The molecule has 4 nitrogen and oxygen atoms in total. The molecule has 2 heterocycles. The lowest BCUT2D eigenvalue weighted by atomic mass is 9.92. The van der Waals surface area contributed by atoms with E-state index >= 15 is 0 Å². The third-order valence-corrected chi connectivity index (χ3v) is 4.00. The number of hydrogen-bond acceptors (Lipinski definition) is 3. The van der Waals surface area contributed by atoms with Gasteiger partial charge >= 0.3 is 0 Å². The molecule has 1 aromatic heterocycles. The lowest BCUT2D eigenvalue weighted by Gasteiger charge is -2.13. The zero-order valence-electron chi connectivity index (χ0n) is 12.7. The van der Waals surface area contributed by atoms with Crippen molar-refractivity contribution in [3.05, 3.63) is 30.0 Å². The Hall–Kier alpha value is -1.81. The first-order chi connectivity index (χ1) is 10.1. The molecular weight excluding hydrogens is 266 g/mol. The van der Waals surface area contributed by atoms with E-state index < -0.39 is 0 Å². The summed E-state index contributed by atoms with van der Waals surface area (Å²) in [6.07, 6.45) is 2.72. The van der Waals surface area contributed by atoms with Crippen LogP contribution in [0.5, 0.6) is 5.75 Å². The van der Waals surface area contributed by atoms with Crippen molar-refractivity contribution >= 4 is 16.7 Å². The maximum absolute atomic E-state index is 12.7. The molecule has 1 aromatic carbocycles. The van der Waals surface area contributed by atoms with Gasteiger partial charge in [-0.2, -0.15) is 0 Å². The molecule has 112 valence electrons. The van der Waals surface area contributed by atoms with Gasteiger partial charge in [0.15, 0.2) is 5.78 Å². The summed E-state index contributed by atoms with van der Waals surface area (Å²) in [5.41, 5.74) is 1.70. The van der Waals surface area contributed by atoms with Gasteiger partial charge in [0.25, 0.3) is 0 Å². The molecule has 1 aliphatic heterocycles. The van der Waals surface area contributed by atoms with Crippen LogP contribution in [0.25, 0.3) is 10.9 Å². The Morgan fingerprint density at radius 3 is 2.90 bits per heavy atom. The van der Waals surface area contributed by atoms with Crippen molar-refractivity contribution in [3.63, 3.8) is 0 Å². The van der Waals surface area contributed by atoms with E-state index in [1.54, 1.807) is 6.20 Å². The predicted octanol–water partition coefficient (Wildman–Crippen LogP) is 3.56. The number of benzene rings is 1. The number of carbonyl (C=O) groups excluding carboxylic acids is 1. The molecule has 0 radical (unpaired) electrons. The van der Waals surface area contributed by atoms with Gasteiger partial charge in [-0.05, 0) is 45.4 Å². The number of Topliss-reactive ketones (excluding diaryl/α,β-unsaturated/α-hetero) is 1. The average molecular weight is 287 g/mol. The van der Waals surface area contributed by atoms with E-state index in [0.29, 0.717) is 6.61 Å². The minimum atomic E-state index is -0.0429. The molecular formula is C17H21NO3. The molecule has 1 fully saturated rings. The summed E-state index contributed by atoms with van der Waals surface area (Å²) in [6.45, 7) is 6.62. The predicted molar refractivity (Wildman–Crippen MR) is 81.9 cm³/mol. The number of nitrogens with one attached hydrogen (secondary N) is 1. The molecule has 21 heavy (non-hydrogen) atoms. The van der Waals surface area contributed by atoms with E-state index in [2.05, 4.69) is 4.98 Å². The fourth-order valence-corrected chi connectivity index (χ4v) is 2.92. The third-order valence-electron chi connectivity index (χ3n) is 4.00. The Balaban J connectivity index is 1.96. The highest BCUT2D eigenvalue weighted by Crippen LogP contribution is 2.30. The monoisotopic (exact) mass is 287 g/mol. The molecule has 0 bridgehead atoms. The van der Waals surface area contributed by atoms with Gasteiger partial charge in [-0.15, -0.1) is 0 Å². The third kappa shape index (κ3) is 2.68. The number of hydrogen-bond donors (Lipinski definition) is 1. The van der Waals surface area contributed by atoms with Crippen LogP contribution in [0.15, 0.2) is 24.4 Å². The zero-order chi connectivity index (χ0) is 15.0. The van der Waals surface area contributed by atoms with E-state index in [1.165, 1.54) is 0 Å². The van der Waals surface area contributed by atoms with Crippen LogP contribution in [0.2, 0.25) is 0 Å². The maximum atomic E-state index is 12.7. The van der Waals surface area contributed by atoms with Crippen LogP contribution in [0.1, 0.15) is 37.6 Å². The largest absolute Gasteiger partial charge is 0.491 e. The number of aromatic amines is 1. The van der Waals surface area contributed by atoms with Crippen molar-refractivity contribution in [1.29, 1.82) is 0 Å². The molecule has 2 atom stereocenters. The van der Waals surface area contributed by atoms with Crippen LogP contribution in [0.3, 0.4) is 0 Å². The second-order valence-electron chi connectivity index (χ2n) is 5.91. The summed E-state index contributed by atoms with van der Waals surface area (Å²) in [5.74, 6) is 0.911. The number of ether oxygens (including phenoxy) is 2. The van der Waals surface area contributed by atoms with Gasteiger partial charge < -0.3 is 14.5 Å². The van der Waals surface area contributed by atoms with Gasteiger partial charge in [0.2, 0.25) is 0 Å². The number of ketones is 1. The zero-order valence-corrected chi connectivity index (χ0v) is 12.7. The summed E-state index contributed by atoms with van der Waals surface area (Å²) in [5, 5.41) is 0.928. The first kappa shape index (κ1) is 14.1. The van der Waals surface area contributed by atoms with E-state index in [-0.39, 0.29) is 23.9 Å². The summed E-state index contributed by atoms with van der Waals surface area (Å²) in [4.78, 5) is 15.9. The molecule has 1 aliphatic rings. The van der Waals surface area contributed by atoms with Crippen LogP contribution < -0.4 is 4.74 Å². The number of aromatic nitrogens is 1. The van der Waals surface area contributed by atoms with Crippen LogP contribution in [-0.2, 0) is 4.74 Å². The molecule has 0 amide bonds. The highest BCUT2D eigenvalue weighted by Gasteiger charge is 2.32. The standard InChI is InChI=1S/C17H21NO3/c1-10(2)21-12-4-5-16-14(8-12)15(9-18-16)17(19)13-6-7-20-11(13)3/h4-5,8-11,13,18H,6-7H2,1-3H3. The van der Waals surface area contributed by atoms with Gasteiger partial charge in [0.05, 0.1) is 18.1 Å². The molecule has 4 heteroatoms. The lowest BCUT2D eigenvalue weighted by molar-refractivity contribution is 0.0766. The van der Waals surface area contributed by atoms with Crippen molar-refractivity contribution in [2.45, 2.75) is 39.4 Å². The highest BCUT2D eigenvalue weighted by molar-refractivity contribution is 6.09. The molecule has 2 unspecified atom stereocenters. The summed E-state index contributed by atoms with van der Waals surface area (Å²) in [7, 11) is 0. The normalized spacial score (nSPS) is 22.1. The van der Waals surface area contributed by atoms with Gasteiger partial charge in [-0.3, -0.25) is 4.79 Å². The van der Waals surface area contributed by atoms with Crippen molar-refractivity contribution in [1.82, 2.24) is 4.98 Å². The molecule has 2 aromatic rings. The molecule has 1 N–H and O–H groups in total. The van der Waals surface area contributed by atoms with E-state index in [1.807, 2.05) is 39.0 Å². The number of rotatable bonds is 4.